The van der Waals surface area contributed by atoms with E-state index in [9.17, 15) is 4.79 Å². The lowest BCUT2D eigenvalue weighted by molar-refractivity contribution is 0.0606. The van der Waals surface area contributed by atoms with E-state index in [1.54, 1.807) is 12.1 Å². The molecule has 3 N–H and O–H groups in total. The molecule has 128 valence electrons. The van der Waals surface area contributed by atoms with Crippen molar-refractivity contribution < 1.29 is 9.53 Å². The fourth-order valence-electron chi connectivity index (χ4n) is 2.54. The Morgan fingerprint density at radius 3 is 2.83 bits per heavy atom. The second kappa shape index (κ2) is 7.64. The van der Waals surface area contributed by atoms with Crippen LogP contribution < -0.4 is 5.73 Å². The van der Waals surface area contributed by atoms with Crippen LogP contribution in [0.5, 0.6) is 0 Å². The van der Waals surface area contributed by atoms with Gasteiger partial charge in [0, 0.05) is 28.7 Å². The first kappa shape index (κ1) is 18.2. The molecule has 0 fully saturated rings. The van der Waals surface area contributed by atoms with E-state index in [0.29, 0.717) is 4.88 Å². The second-order valence-electron chi connectivity index (χ2n) is 6.40. The summed E-state index contributed by atoms with van der Waals surface area (Å²) in [6.45, 7) is 7.77. The number of rotatable bonds is 7. The lowest BCUT2D eigenvalue weighted by Crippen LogP contribution is -2.34. The second-order valence-corrected chi connectivity index (χ2v) is 7.57. The molecule has 0 aromatic carbocycles. The predicted molar refractivity (Wildman–Crippen MR) is 100 cm³/mol. The van der Waals surface area contributed by atoms with Crippen LogP contribution in [0, 0.1) is 0 Å². The SMILES string of the molecule is C=C/C=C\c1c(CC(C)(C)N)c[nH]c1Cc1ccc(C(=O)OC)s1. The quantitative estimate of drug-likeness (QED) is 0.590. The zero-order valence-electron chi connectivity index (χ0n) is 14.4. The Balaban J connectivity index is 2.29. The zero-order chi connectivity index (χ0) is 17.7. The van der Waals surface area contributed by atoms with Gasteiger partial charge in [-0.25, -0.2) is 4.79 Å². The number of hydrogen-bond acceptors (Lipinski definition) is 4. The molecule has 0 aliphatic carbocycles. The normalized spacial score (nSPS) is 11.8. The van der Waals surface area contributed by atoms with Gasteiger partial charge in [0.25, 0.3) is 0 Å². The molecule has 0 amide bonds. The van der Waals surface area contributed by atoms with Crippen molar-refractivity contribution in [3.63, 3.8) is 0 Å². The van der Waals surface area contributed by atoms with Crippen LogP contribution in [0.15, 0.2) is 37.1 Å². The molecule has 0 radical (unpaired) electrons. The molecule has 4 nitrogen and oxygen atoms in total. The third-order valence-corrected chi connectivity index (χ3v) is 4.60. The lowest BCUT2D eigenvalue weighted by Gasteiger charge is -2.18. The van der Waals surface area contributed by atoms with Gasteiger partial charge in [-0.1, -0.05) is 24.8 Å². The van der Waals surface area contributed by atoms with E-state index in [0.717, 1.165) is 29.0 Å². The van der Waals surface area contributed by atoms with Gasteiger partial charge in [0.05, 0.1) is 7.11 Å². The maximum absolute atomic E-state index is 11.6. The largest absolute Gasteiger partial charge is 0.465 e. The van der Waals surface area contributed by atoms with Crippen LogP contribution >= 0.6 is 11.3 Å². The molecule has 0 saturated carbocycles. The summed E-state index contributed by atoms with van der Waals surface area (Å²) >= 11 is 1.45. The minimum absolute atomic E-state index is 0.281. The smallest absolute Gasteiger partial charge is 0.348 e. The summed E-state index contributed by atoms with van der Waals surface area (Å²) in [7, 11) is 1.39. The van der Waals surface area contributed by atoms with Crippen molar-refractivity contribution in [2.75, 3.05) is 7.11 Å². The number of esters is 1. The van der Waals surface area contributed by atoms with Crippen LogP contribution in [-0.2, 0) is 17.6 Å². The molecule has 24 heavy (non-hydrogen) atoms. The number of methoxy groups -OCH3 is 1. The highest BCUT2D eigenvalue weighted by molar-refractivity contribution is 7.13. The monoisotopic (exact) mass is 344 g/mol. The van der Waals surface area contributed by atoms with Gasteiger partial charge in [-0.2, -0.15) is 0 Å². The number of thiophene rings is 1. The molecule has 2 aromatic rings. The van der Waals surface area contributed by atoms with E-state index in [2.05, 4.69) is 17.6 Å². The number of carbonyl (C=O) groups is 1. The Bertz CT molecular complexity index is 748. The standard InChI is InChI=1S/C19H24N2O2S/c1-5-6-7-15-13(11-19(2,3)20)12-21-16(15)10-14-8-9-17(24-14)18(22)23-4/h5-9,12,21H,1,10-11,20H2,2-4H3/b7-6-. The first-order valence-corrected chi connectivity index (χ1v) is 8.60. The van der Waals surface area contributed by atoms with Crippen LogP contribution in [0.3, 0.4) is 0 Å². The average Bonchev–Trinajstić information content (AvgIpc) is 3.11. The summed E-state index contributed by atoms with van der Waals surface area (Å²) in [4.78, 5) is 16.7. The number of allylic oxidation sites excluding steroid dienone is 2. The molecule has 0 aliphatic rings. The molecule has 2 aromatic heterocycles. The highest BCUT2D eigenvalue weighted by Crippen LogP contribution is 2.26. The molecule has 0 unspecified atom stereocenters. The average molecular weight is 344 g/mol. The molecule has 2 rings (SSSR count). The third-order valence-electron chi connectivity index (χ3n) is 3.54. The van der Waals surface area contributed by atoms with Gasteiger partial charge in [0.2, 0.25) is 0 Å². The van der Waals surface area contributed by atoms with Crippen molar-refractivity contribution in [1.82, 2.24) is 4.98 Å². The fourth-order valence-corrected chi connectivity index (χ4v) is 3.47. The van der Waals surface area contributed by atoms with Crippen LogP contribution in [-0.4, -0.2) is 23.6 Å². The van der Waals surface area contributed by atoms with Gasteiger partial charge in [-0.05, 0) is 43.5 Å². The number of hydrogen-bond donors (Lipinski definition) is 2. The first-order chi connectivity index (χ1) is 11.3. The highest BCUT2D eigenvalue weighted by Gasteiger charge is 2.18. The molecule has 0 bridgehead atoms. The minimum atomic E-state index is -0.296. The van der Waals surface area contributed by atoms with E-state index < -0.39 is 0 Å². The van der Waals surface area contributed by atoms with Gasteiger partial charge in [-0.15, -0.1) is 11.3 Å². The summed E-state index contributed by atoms with van der Waals surface area (Å²) in [5.41, 5.74) is 9.31. The molecule has 0 aliphatic heterocycles. The van der Waals surface area contributed by atoms with Crippen LogP contribution in [0.25, 0.3) is 6.08 Å². The Morgan fingerprint density at radius 2 is 2.21 bits per heavy atom. The number of H-pyrrole nitrogens is 1. The Kier molecular flexibility index (Phi) is 5.80. The number of nitrogens with two attached hydrogens (primary N) is 1. The Hall–Kier alpha value is -2.11. The van der Waals surface area contributed by atoms with E-state index in [1.165, 1.54) is 24.0 Å². The van der Waals surface area contributed by atoms with E-state index in [-0.39, 0.29) is 11.5 Å². The number of aromatic nitrogens is 1. The maximum atomic E-state index is 11.6. The van der Waals surface area contributed by atoms with Crippen molar-refractivity contribution in [1.29, 1.82) is 0 Å². The molecule has 0 spiro atoms. The number of carbonyl (C=O) groups excluding carboxylic acids is 1. The van der Waals surface area contributed by atoms with Gasteiger partial charge in [-0.3, -0.25) is 0 Å². The molecule has 0 atom stereocenters. The third kappa shape index (κ3) is 4.69. The van der Waals surface area contributed by atoms with Crippen molar-refractivity contribution >= 4 is 23.4 Å². The molecular weight excluding hydrogens is 320 g/mol. The van der Waals surface area contributed by atoms with Crippen LogP contribution in [0.1, 0.15) is 45.2 Å². The van der Waals surface area contributed by atoms with E-state index in [4.69, 9.17) is 10.5 Å². The molecule has 0 saturated heterocycles. The van der Waals surface area contributed by atoms with Crippen molar-refractivity contribution in [2.45, 2.75) is 32.2 Å². The van der Waals surface area contributed by atoms with Crippen molar-refractivity contribution in [3.05, 3.63) is 63.6 Å². The molecule has 5 heteroatoms. The van der Waals surface area contributed by atoms with Crippen molar-refractivity contribution in [2.24, 2.45) is 5.73 Å². The Labute approximate surface area is 147 Å². The maximum Gasteiger partial charge on any atom is 0.348 e. The number of nitrogens with one attached hydrogen (secondary N) is 1. The van der Waals surface area contributed by atoms with E-state index >= 15 is 0 Å². The zero-order valence-corrected chi connectivity index (χ0v) is 15.2. The minimum Gasteiger partial charge on any atom is -0.465 e. The van der Waals surface area contributed by atoms with Gasteiger partial charge in [0.15, 0.2) is 0 Å². The van der Waals surface area contributed by atoms with Gasteiger partial charge >= 0.3 is 5.97 Å². The van der Waals surface area contributed by atoms with Crippen LogP contribution in [0.2, 0.25) is 0 Å². The Morgan fingerprint density at radius 1 is 1.46 bits per heavy atom. The highest BCUT2D eigenvalue weighted by atomic mass is 32.1. The molecular formula is C19H24N2O2S. The summed E-state index contributed by atoms with van der Waals surface area (Å²) < 4.78 is 4.76. The van der Waals surface area contributed by atoms with E-state index in [1.807, 2.05) is 32.2 Å². The topological polar surface area (TPSA) is 68.1 Å². The van der Waals surface area contributed by atoms with Crippen molar-refractivity contribution in [3.8, 4) is 0 Å². The fraction of sp³-hybridized carbons (Fsp3) is 0.316. The first-order valence-electron chi connectivity index (χ1n) is 7.78. The summed E-state index contributed by atoms with van der Waals surface area (Å²) in [6.07, 6.45) is 9.25. The lowest BCUT2D eigenvalue weighted by atomic mass is 9.94. The number of aromatic amines is 1. The summed E-state index contributed by atoms with van der Waals surface area (Å²) in [5.74, 6) is -0.296. The summed E-state index contributed by atoms with van der Waals surface area (Å²) in [5, 5.41) is 0. The van der Waals surface area contributed by atoms with Gasteiger partial charge < -0.3 is 15.5 Å². The van der Waals surface area contributed by atoms with Crippen LogP contribution in [0.4, 0.5) is 0 Å². The molecule has 2 heterocycles. The van der Waals surface area contributed by atoms with Gasteiger partial charge in [0.1, 0.15) is 4.88 Å². The summed E-state index contributed by atoms with van der Waals surface area (Å²) in [6, 6.07) is 3.77. The predicted octanol–water partition coefficient (Wildman–Crippen LogP) is 3.93. The number of ether oxygens (including phenoxy) is 1.